The zero-order valence-corrected chi connectivity index (χ0v) is 14.0. The first-order valence-corrected chi connectivity index (χ1v) is 9.35. The Labute approximate surface area is 130 Å². The Bertz CT molecular complexity index is 655. The first-order chi connectivity index (χ1) is 9.70. The average molecular weight is 330 g/mol. The number of hydrogen-bond donors (Lipinski definition) is 0. The van der Waals surface area contributed by atoms with Crippen molar-refractivity contribution in [3.05, 3.63) is 29.3 Å². The molecule has 116 valence electrons. The van der Waals surface area contributed by atoms with Gasteiger partial charge in [-0.05, 0) is 48.9 Å². The number of halogens is 1. The van der Waals surface area contributed by atoms with Crippen molar-refractivity contribution < 1.29 is 13.2 Å². The highest BCUT2D eigenvalue weighted by atomic mass is 35.7. The Morgan fingerprint density at radius 2 is 2.05 bits per heavy atom. The highest BCUT2D eigenvalue weighted by Crippen LogP contribution is 2.26. The second-order valence-corrected chi connectivity index (χ2v) is 8.52. The fourth-order valence-electron chi connectivity index (χ4n) is 2.71. The zero-order valence-electron chi connectivity index (χ0n) is 12.5. The van der Waals surface area contributed by atoms with Gasteiger partial charge in [0, 0.05) is 29.3 Å². The van der Waals surface area contributed by atoms with Crippen LogP contribution in [0.1, 0.15) is 36.2 Å². The first kappa shape index (κ1) is 16.3. The molecule has 0 N–H and O–H groups in total. The third kappa shape index (κ3) is 3.58. The lowest BCUT2D eigenvalue weighted by molar-refractivity contribution is 0.0783. The summed E-state index contributed by atoms with van der Waals surface area (Å²) in [6.07, 6.45) is 1.02. The molecule has 21 heavy (non-hydrogen) atoms. The largest absolute Gasteiger partial charge is 0.338 e. The number of benzene rings is 1. The van der Waals surface area contributed by atoms with E-state index in [1.807, 2.05) is 4.90 Å². The lowest BCUT2D eigenvalue weighted by atomic mass is 9.95. The van der Waals surface area contributed by atoms with Crippen molar-refractivity contribution in [1.82, 2.24) is 4.90 Å². The molecule has 1 aliphatic rings. The first-order valence-electron chi connectivity index (χ1n) is 7.04. The standard InChI is InChI=1S/C15H20ClNO3S/c1-10(2)12-6-7-17(9-12)15(18)14-5-4-13(8-11(14)3)21(16,19)20/h4-5,8,10,12H,6-7,9H2,1-3H3. The number of rotatable bonds is 3. The molecule has 1 amide bonds. The van der Waals surface area contributed by atoms with Crippen molar-refractivity contribution in [3.63, 3.8) is 0 Å². The Hall–Kier alpha value is -1.07. The van der Waals surface area contributed by atoms with E-state index in [1.54, 1.807) is 13.0 Å². The monoisotopic (exact) mass is 329 g/mol. The number of carbonyl (C=O) groups is 1. The van der Waals surface area contributed by atoms with E-state index in [1.165, 1.54) is 12.1 Å². The van der Waals surface area contributed by atoms with Crippen molar-refractivity contribution in [2.45, 2.75) is 32.1 Å². The van der Waals surface area contributed by atoms with Gasteiger partial charge in [0.25, 0.3) is 15.0 Å². The quantitative estimate of drug-likeness (QED) is 0.801. The van der Waals surface area contributed by atoms with Gasteiger partial charge in [0.05, 0.1) is 4.90 Å². The van der Waals surface area contributed by atoms with Crippen LogP contribution in [0.25, 0.3) is 0 Å². The maximum absolute atomic E-state index is 12.5. The molecular formula is C15H20ClNO3S. The fraction of sp³-hybridized carbons (Fsp3) is 0.533. The van der Waals surface area contributed by atoms with E-state index in [2.05, 4.69) is 13.8 Å². The van der Waals surface area contributed by atoms with Gasteiger partial charge in [-0.2, -0.15) is 0 Å². The molecule has 1 unspecified atom stereocenters. The van der Waals surface area contributed by atoms with Crippen molar-refractivity contribution in [2.24, 2.45) is 11.8 Å². The number of amides is 1. The molecule has 0 aliphatic carbocycles. The Morgan fingerprint density at radius 3 is 2.52 bits per heavy atom. The lowest BCUT2D eigenvalue weighted by Gasteiger charge is -2.19. The minimum absolute atomic E-state index is 0.0275. The molecule has 1 aromatic rings. The molecule has 1 saturated heterocycles. The van der Waals surface area contributed by atoms with Crippen LogP contribution in [0, 0.1) is 18.8 Å². The number of hydrogen-bond acceptors (Lipinski definition) is 3. The number of likely N-dealkylation sites (tertiary alicyclic amines) is 1. The predicted octanol–water partition coefficient (Wildman–Crippen LogP) is 3.04. The fourth-order valence-corrected chi connectivity index (χ4v) is 3.55. The molecule has 2 rings (SSSR count). The summed E-state index contributed by atoms with van der Waals surface area (Å²) >= 11 is 0. The van der Waals surface area contributed by atoms with Crippen LogP contribution < -0.4 is 0 Å². The second kappa shape index (κ2) is 5.97. The maximum atomic E-state index is 12.5. The molecule has 1 fully saturated rings. The zero-order chi connectivity index (χ0) is 15.8. The van der Waals surface area contributed by atoms with Gasteiger partial charge in [-0.25, -0.2) is 8.42 Å². The van der Waals surface area contributed by atoms with E-state index in [-0.39, 0.29) is 10.8 Å². The normalized spacial score (nSPS) is 19.3. The number of nitrogens with zero attached hydrogens (tertiary/aromatic N) is 1. The van der Waals surface area contributed by atoms with Crippen LogP contribution in [-0.2, 0) is 9.05 Å². The van der Waals surface area contributed by atoms with Crippen LogP contribution in [0.15, 0.2) is 23.1 Å². The van der Waals surface area contributed by atoms with Gasteiger partial charge in [0.2, 0.25) is 0 Å². The van der Waals surface area contributed by atoms with E-state index in [0.717, 1.165) is 19.5 Å². The molecule has 1 atom stereocenters. The molecule has 0 aromatic heterocycles. The van der Waals surface area contributed by atoms with Crippen LogP contribution in [0.4, 0.5) is 0 Å². The van der Waals surface area contributed by atoms with Gasteiger partial charge in [-0.15, -0.1) is 0 Å². The summed E-state index contributed by atoms with van der Waals surface area (Å²) in [5.74, 6) is 1.07. The van der Waals surface area contributed by atoms with Crippen LogP contribution in [0.5, 0.6) is 0 Å². The highest BCUT2D eigenvalue weighted by Gasteiger charge is 2.29. The SMILES string of the molecule is Cc1cc(S(=O)(=O)Cl)ccc1C(=O)N1CCC(C(C)C)C1. The van der Waals surface area contributed by atoms with Crippen molar-refractivity contribution >= 4 is 25.6 Å². The predicted molar refractivity (Wildman–Crippen MR) is 83.1 cm³/mol. The third-order valence-corrected chi connectivity index (χ3v) is 5.52. The number of aryl methyl sites for hydroxylation is 1. The summed E-state index contributed by atoms with van der Waals surface area (Å²) in [5.41, 5.74) is 1.18. The van der Waals surface area contributed by atoms with Crippen molar-refractivity contribution in [1.29, 1.82) is 0 Å². The molecule has 0 spiro atoms. The minimum Gasteiger partial charge on any atom is -0.338 e. The minimum atomic E-state index is -3.76. The van der Waals surface area contributed by atoms with Crippen LogP contribution in [0.3, 0.4) is 0 Å². The van der Waals surface area contributed by atoms with Gasteiger partial charge in [-0.1, -0.05) is 13.8 Å². The third-order valence-electron chi connectivity index (χ3n) is 4.16. The van der Waals surface area contributed by atoms with E-state index in [0.29, 0.717) is 23.0 Å². The molecule has 1 aliphatic heterocycles. The summed E-state index contributed by atoms with van der Waals surface area (Å²) in [7, 11) is 1.56. The van der Waals surface area contributed by atoms with Crippen LogP contribution in [-0.4, -0.2) is 32.3 Å². The Balaban J connectivity index is 2.21. The van der Waals surface area contributed by atoms with Crippen LogP contribution >= 0.6 is 10.7 Å². The summed E-state index contributed by atoms with van der Waals surface area (Å²) in [5, 5.41) is 0. The molecule has 0 bridgehead atoms. The average Bonchev–Trinajstić information content (AvgIpc) is 2.86. The van der Waals surface area contributed by atoms with E-state index < -0.39 is 9.05 Å². The summed E-state index contributed by atoms with van der Waals surface area (Å²) in [4.78, 5) is 14.4. The number of carbonyl (C=O) groups excluding carboxylic acids is 1. The van der Waals surface area contributed by atoms with E-state index in [4.69, 9.17) is 10.7 Å². The molecule has 6 heteroatoms. The topological polar surface area (TPSA) is 54.5 Å². The van der Waals surface area contributed by atoms with E-state index in [9.17, 15) is 13.2 Å². The van der Waals surface area contributed by atoms with Crippen molar-refractivity contribution in [3.8, 4) is 0 Å². The maximum Gasteiger partial charge on any atom is 0.261 e. The van der Waals surface area contributed by atoms with Gasteiger partial charge >= 0.3 is 0 Å². The van der Waals surface area contributed by atoms with Crippen molar-refractivity contribution in [2.75, 3.05) is 13.1 Å². The van der Waals surface area contributed by atoms with Gasteiger partial charge in [0.15, 0.2) is 0 Å². The smallest absolute Gasteiger partial charge is 0.261 e. The summed E-state index contributed by atoms with van der Waals surface area (Å²) < 4.78 is 22.6. The molecular weight excluding hydrogens is 310 g/mol. The lowest BCUT2D eigenvalue weighted by Crippen LogP contribution is -2.30. The molecule has 0 radical (unpaired) electrons. The highest BCUT2D eigenvalue weighted by molar-refractivity contribution is 8.13. The Morgan fingerprint density at radius 1 is 1.38 bits per heavy atom. The van der Waals surface area contributed by atoms with Gasteiger partial charge in [0.1, 0.15) is 0 Å². The van der Waals surface area contributed by atoms with Gasteiger partial charge < -0.3 is 4.90 Å². The molecule has 1 aromatic carbocycles. The molecule has 1 heterocycles. The van der Waals surface area contributed by atoms with Crippen LogP contribution in [0.2, 0.25) is 0 Å². The summed E-state index contributed by atoms with van der Waals surface area (Å²) in [6.45, 7) is 7.60. The van der Waals surface area contributed by atoms with Gasteiger partial charge in [-0.3, -0.25) is 4.79 Å². The molecule has 0 saturated carbocycles. The second-order valence-electron chi connectivity index (χ2n) is 5.96. The summed E-state index contributed by atoms with van der Waals surface area (Å²) in [6, 6.07) is 4.39. The Kier molecular flexibility index (Phi) is 4.63. The van der Waals surface area contributed by atoms with E-state index >= 15 is 0 Å². The molecule has 4 nitrogen and oxygen atoms in total.